The van der Waals surface area contributed by atoms with Crippen LogP contribution in [-0.4, -0.2) is 21.9 Å². The highest BCUT2D eigenvalue weighted by Crippen LogP contribution is 2.13. The first-order chi connectivity index (χ1) is 11.7. The van der Waals surface area contributed by atoms with E-state index in [9.17, 15) is 4.79 Å². The summed E-state index contributed by atoms with van der Waals surface area (Å²) in [6, 6.07) is 11.6. The van der Waals surface area contributed by atoms with Crippen molar-refractivity contribution in [1.29, 1.82) is 0 Å². The van der Waals surface area contributed by atoms with Crippen molar-refractivity contribution >= 4 is 11.6 Å². The van der Waals surface area contributed by atoms with E-state index in [4.69, 9.17) is 4.74 Å². The van der Waals surface area contributed by atoms with E-state index in [1.165, 1.54) is 0 Å². The maximum Gasteiger partial charge on any atom is 0.224 e. The molecule has 0 unspecified atom stereocenters. The van der Waals surface area contributed by atoms with Crippen LogP contribution in [-0.2, 0) is 17.8 Å². The summed E-state index contributed by atoms with van der Waals surface area (Å²) < 4.78 is 7.37. The number of rotatable bonds is 6. The number of nitrogens with one attached hydrogen (secondary N) is 1. The molecule has 3 rings (SSSR count). The Morgan fingerprint density at radius 2 is 2.04 bits per heavy atom. The molecule has 1 amide bonds. The summed E-state index contributed by atoms with van der Waals surface area (Å²) in [7, 11) is 0. The lowest BCUT2D eigenvalue weighted by Gasteiger charge is -2.05. The molecule has 0 bridgehead atoms. The van der Waals surface area contributed by atoms with Crippen molar-refractivity contribution in [3.05, 3.63) is 65.6 Å². The van der Waals surface area contributed by atoms with E-state index in [1.54, 1.807) is 0 Å². The van der Waals surface area contributed by atoms with Gasteiger partial charge in [-0.2, -0.15) is 0 Å². The standard InChI is InChI=1S/C19H21N3O2/c1-3-24-17-8-6-15(7-9-17)11-18(23)20-12-16-13-22-10-4-5-14(2)19(22)21-16/h4-10,13H,3,11-12H2,1-2H3,(H,20,23). The number of carbonyl (C=O) groups excluding carboxylic acids is 1. The van der Waals surface area contributed by atoms with Gasteiger partial charge < -0.3 is 14.5 Å². The van der Waals surface area contributed by atoms with Gasteiger partial charge in [-0.1, -0.05) is 18.2 Å². The Labute approximate surface area is 141 Å². The molecule has 1 aromatic carbocycles. The molecule has 124 valence electrons. The van der Waals surface area contributed by atoms with Gasteiger partial charge in [-0.15, -0.1) is 0 Å². The summed E-state index contributed by atoms with van der Waals surface area (Å²) in [5.41, 5.74) is 3.85. The van der Waals surface area contributed by atoms with Crippen molar-refractivity contribution in [3.63, 3.8) is 0 Å². The molecule has 0 aliphatic rings. The number of ether oxygens (including phenoxy) is 1. The second-order valence-corrected chi connectivity index (χ2v) is 5.68. The fourth-order valence-corrected chi connectivity index (χ4v) is 2.60. The van der Waals surface area contributed by atoms with Gasteiger partial charge in [0.2, 0.25) is 5.91 Å². The summed E-state index contributed by atoms with van der Waals surface area (Å²) >= 11 is 0. The second-order valence-electron chi connectivity index (χ2n) is 5.68. The molecule has 0 fully saturated rings. The van der Waals surface area contributed by atoms with Gasteiger partial charge in [0.1, 0.15) is 11.4 Å². The molecule has 0 aliphatic heterocycles. The van der Waals surface area contributed by atoms with Crippen LogP contribution in [0.5, 0.6) is 5.75 Å². The number of amides is 1. The monoisotopic (exact) mass is 323 g/mol. The number of nitrogens with zero attached hydrogens (tertiary/aromatic N) is 2. The molecular formula is C19H21N3O2. The Morgan fingerprint density at radius 1 is 1.25 bits per heavy atom. The molecule has 0 radical (unpaired) electrons. The van der Waals surface area contributed by atoms with Gasteiger partial charge in [0.05, 0.1) is 25.3 Å². The van der Waals surface area contributed by atoms with Crippen molar-refractivity contribution in [2.75, 3.05) is 6.61 Å². The number of hydrogen-bond acceptors (Lipinski definition) is 3. The number of benzene rings is 1. The van der Waals surface area contributed by atoms with Crippen LogP contribution < -0.4 is 10.1 Å². The third kappa shape index (κ3) is 3.74. The predicted molar refractivity (Wildman–Crippen MR) is 93.1 cm³/mol. The lowest BCUT2D eigenvalue weighted by molar-refractivity contribution is -0.120. The number of aryl methyl sites for hydroxylation is 1. The van der Waals surface area contributed by atoms with E-state index in [0.29, 0.717) is 19.6 Å². The van der Waals surface area contributed by atoms with E-state index in [1.807, 2.05) is 67.0 Å². The minimum atomic E-state index is -0.0204. The first-order valence-corrected chi connectivity index (χ1v) is 8.07. The topological polar surface area (TPSA) is 55.6 Å². The van der Waals surface area contributed by atoms with Crippen LogP contribution >= 0.6 is 0 Å². The van der Waals surface area contributed by atoms with Crippen LogP contribution in [0.2, 0.25) is 0 Å². The van der Waals surface area contributed by atoms with Gasteiger partial charge in [-0.25, -0.2) is 4.98 Å². The van der Waals surface area contributed by atoms with E-state index in [-0.39, 0.29) is 5.91 Å². The average molecular weight is 323 g/mol. The minimum absolute atomic E-state index is 0.0204. The molecule has 0 saturated heterocycles. The highest BCUT2D eigenvalue weighted by molar-refractivity contribution is 5.78. The zero-order valence-corrected chi connectivity index (χ0v) is 14.0. The fourth-order valence-electron chi connectivity index (χ4n) is 2.60. The second kappa shape index (κ2) is 7.17. The molecule has 5 heteroatoms. The summed E-state index contributed by atoms with van der Waals surface area (Å²) in [5, 5.41) is 2.92. The quantitative estimate of drug-likeness (QED) is 0.759. The molecule has 0 aliphatic carbocycles. The number of pyridine rings is 1. The zero-order chi connectivity index (χ0) is 16.9. The molecule has 1 N–H and O–H groups in total. The van der Waals surface area contributed by atoms with Crippen molar-refractivity contribution in [1.82, 2.24) is 14.7 Å². The Morgan fingerprint density at radius 3 is 2.75 bits per heavy atom. The van der Waals surface area contributed by atoms with Gasteiger partial charge in [-0.05, 0) is 43.2 Å². The SMILES string of the molecule is CCOc1ccc(CC(=O)NCc2cn3cccc(C)c3n2)cc1. The van der Waals surface area contributed by atoms with Crippen LogP contribution in [0.1, 0.15) is 23.7 Å². The minimum Gasteiger partial charge on any atom is -0.494 e. The number of aromatic nitrogens is 2. The maximum atomic E-state index is 12.1. The Hall–Kier alpha value is -2.82. The fraction of sp³-hybridized carbons (Fsp3) is 0.263. The van der Waals surface area contributed by atoms with Crippen LogP contribution in [0.4, 0.5) is 0 Å². The lowest BCUT2D eigenvalue weighted by atomic mass is 10.1. The van der Waals surface area contributed by atoms with Gasteiger partial charge in [0.25, 0.3) is 0 Å². The van der Waals surface area contributed by atoms with Gasteiger partial charge in [0.15, 0.2) is 0 Å². The summed E-state index contributed by atoms with van der Waals surface area (Å²) in [4.78, 5) is 16.7. The molecule has 5 nitrogen and oxygen atoms in total. The average Bonchev–Trinajstić information content (AvgIpc) is 3.00. The van der Waals surface area contributed by atoms with Crippen LogP contribution in [0, 0.1) is 6.92 Å². The molecule has 0 atom stereocenters. The molecule has 2 heterocycles. The van der Waals surface area contributed by atoms with E-state index in [2.05, 4.69) is 10.3 Å². The number of imidazole rings is 1. The van der Waals surface area contributed by atoms with E-state index < -0.39 is 0 Å². The first-order valence-electron chi connectivity index (χ1n) is 8.07. The highest BCUT2D eigenvalue weighted by Gasteiger charge is 2.07. The third-order valence-electron chi connectivity index (χ3n) is 3.79. The van der Waals surface area contributed by atoms with Crippen molar-refractivity contribution in [2.24, 2.45) is 0 Å². The number of fused-ring (bicyclic) bond motifs is 1. The lowest BCUT2D eigenvalue weighted by Crippen LogP contribution is -2.24. The molecule has 0 spiro atoms. The van der Waals surface area contributed by atoms with Gasteiger partial charge in [-0.3, -0.25) is 4.79 Å². The summed E-state index contributed by atoms with van der Waals surface area (Å²) in [6.45, 7) is 5.04. The van der Waals surface area contributed by atoms with Gasteiger partial charge >= 0.3 is 0 Å². The molecular weight excluding hydrogens is 302 g/mol. The molecule has 24 heavy (non-hydrogen) atoms. The predicted octanol–water partition coefficient (Wildman–Crippen LogP) is 2.90. The summed E-state index contributed by atoms with van der Waals surface area (Å²) in [6.07, 6.45) is 4.25. The van der Waals surface area contributed by atoms with Gasteiger partial charge in [0, 0.05) is 12.4 Å². The Bertz CT molecular complexity index is 837. The summed E-state index contributed by atoms with van der Waals surface area (Å²) in [5.74, 6) is 0.801. The van der Waals surface area contributed by atoms with Crippen molar-refractivity contribution in [3.8, 4) is 5.75 Å². The smallest absolute Gasteiger partial charge is 0.224 e. The Kier molecular flexibility index (Phi) is 4.79. The zero-order valence-electron chi connectivity index (χ0n) is 14.0. The largest absolute Gasteiger partial charge is 0.494 e. The third-order valence-corrected chi connectivity index (χ3v) is 3.79. The van der Waals surface area contributed by atoms with Crippen LogP contribution in [0.15, 0.2) is 48.8 Å². The van der Waals surface area contributed by atoms with E-state index in [0.717, 1.165) is 28.2 Å². The molecule has 3 aromatic rings. The number of carbonyl (C=O) groups is 1. The highest BCUT2D eigenvalue weighted by atomic mass is 16.5. The van der Waals surface area contributed by atoms with Crippen LogP contribution in [0.3, 0.4) is 0 Å². The Balaban J connectivity index is 1.57. The van der Waals surface area contributed by atoms with Crippen molar-refractivity contribution < 1.29 is 9.53 Å². The molecule has 0 saturated carbocycles. The van der Waals surface area contributed by atoms with Crippen LogP contribution in [0.25, 0.3) is 5.65 Å². The maximum absolute atomic E-state index is 12.1. The van der Waals surface area contributed by atoms with Crippen molar-refractivity contribution in [2.45, 2.75) is 26.8 Å². The molecule has 2 aromatic heterocycles. The van der Waals surface area contributed by atoms with E-state index >= 15 is 0 Å². The normalized spacial score (nSPS) is 10.8. The first kappa shape index (κ1) is 16.1. The number of hydrogen-bond donors (Lipinski definition) is 1.